The van der Waals surface area contributed by atoms with Gasteiger partial charge in [-0.15, -0.1) is 28.8 Å². The van der Waals surface area contributed by atoms with Crippen molar-refractivity contribution in [1.29, 1.82) is 0 Å². The predicted molar refractivity (Wildman–Crippen MR) is 223 cm³/mol. The minimum absolute atomic E-state index is 0. The first kappa shape index (κ1) is 37.9. The number of fused-ring (bicyclic) bond motifs is 5. The molecule has 0 spiro atoms. The Balaban J connectivity index is 0.00000441. The first-order valence-electron chi connectivity index (χ1n) is 19.5. The summed E-state index contributed by atoms with van der Waals surface area (Å²) in [5.74, 6) is 2.20. The van der Waals surface area contributed by atoms with E-state index in [1.165, 1.54) is 38.7 Å². The van der Waals surface area contributed by atoms with Crippen molar-refractivity contribution in [2.75, 3.05) is 6.61 Å². The Morgan fingerprint density at radius 2 is 1.52 bits per heavy atom. The minimum Gasteiger partial charge on any atom is -0.518 e. The summed E-state index contributed by atoms with van der Waals surface area (Å²) in [5.41, 5.74) is 12.0. The van der Waals surface area contributed by atoms with Gasteiger partial charge in [-0.2, -0.15) is 6.07 Å². The van der Waals surface area contributed by atoms with E-state index in [4.69, 9.17) is 19.5 Å². The largest absolute Gasteiger partial charge is 2.00 e. The minimum atomic E-state index is -0.276. The van der Waals surface area contributed by atoms with Crippen molar-refractivity contribution in [3.8, 4) is 17.2 Å². The van der Waals surface area contributed by atoms with Crippen molar-refractivity contribution < 1.29 is 30.5 Å². The molecule has 0 amide bonds. The van der Waals surface area contributed by atoms with Crippen LogP contribution in [-0.4, -0.2) is 28.1 Å². The Morgan fingerprint density at radius 3 is 2.18 bits per heavy atom. The topological polar surface area (TPSA) is 48.6 Å². The van der Waals surface area contributed by atoms with Crippen LogP contribution < -0.4 is 4.74 Å². The number of aromatic nitrogens is 2. The van der Waals surface area contributed by atoms with Gasteiger partial charge in [0, 0.05) is 34.4 Å². The molecule has 0 unspecified atom stereocenters. The monoisotopic (exact) mass is 916 g/mol. The summed E-state index contributed by atoms with van der Waals surface area (Å²) < 4.78 is 15.5. The summed E-state index contributed by atoms with van der Waals surface area (Å²) in [6.07, 6.45) is 1.88. The van der Waals surface area contributed by atoms with E-state index >= 15 is 0 Å². The summed E-state index contributed by atoms with van der Waals surface area (Å²) in [5, 5.41) is 2.37. The van der Waals surface area contributed by atoms with Crippen molar-refractivity contribution in [3.05, 3.63) is 166 Å². The zero-order valence-electron chi connectivity index (χ0n) is 33.3. The van der Waals surface area contributed by atoms with Gasteiger partial charge >= 0.3 is 21.1 Å². The van der Waals surface area contributed by atoms with Gasteiger partial charge in [0.1, 0.15) is 11.5 Å². The van der Waals surface area contributed by atoms with E-state index in [0.29, 0.717) is 24.0 Å². The molecule has 7 aromatic rings. The van der Waals surface area contributed by atoms with E-state index in [-0.39, 0.29) is 49.8 Å². The fraction of sp³-hybridized carbons (Fsp3) is 0.280. The first-order valence-corrected chi connectivity index (χ1v) is 19.5. The van der Waals surface area contributed by atoms with Crippen LogP contribution in [0, 0.1) is 19.1 Å². The number of aliphatic imine (C=N–C) groups is 1. The summed E-state index contributed by atoms with van der Waals surface area (Å²) >= 11 is 0. The maximum atomic E-state index is 6.83. The van der Waals surface area contributed by atoms with Crippen LogP contribution in [0.1, 0.15) is 105 Å². The van der Waals surface area contributed by atoms with Gasteiger partial charge in [0.05, 0.1) is 18.2 Å². The number of benzene rings is 5. The fourth-order valence-corrected chi connectivity index (χ4v) is 8.47. The standard InChI is InChI=1S/C50H47N3O2.Pt/c1-30(2)34-23-35(48-52-42(29-54-48)45(32-16-11-9-12-17-32)33-18-13-10-14-19-33)25-37(24-34)55-44-28-43-40(22-31(44)3)50(7,8)41-27-36(49(4,5)6)26-39-38-20-15-21-51-47(38)53(43)46(39)41;/h9-24,26-27,30,42,45H,29H2,1-8H3;/q-2;+2/t42-;/m0./s1. The molecule has 0 saturated heterocycles. The summed E-state index contributed by atoms with van der Waals surface area (Å²) in [6, 6.07) is 44.0. The van der Waals surface area contributed by atoms with Gasteiger partial charge in [0.2, 0.25) is 0 Å². The van der Waals surface area contributed by atoms with Gasteiger partial charge in [-0.25, -0.2) is 4.98 Å². The van der Waals surface area contributed by atoms with E-state index in [0.717, 1.165) is 33.4 Å². The van der Waals surface area contributed by atoms with Crippen LogP contribution >= 0.6 is 0 Å². The maximum absolute atomic E-state index is 6.83. The molecule has 0 saturated carbocycles. The third-order valence-corrected chi connectivity index (χ3v) is 11.6. The van der Waals surface area contributed by atoms with Gasteiger partial charge in [0.25, 0.3) is 0 Å². The second-order valence-corrected chi connectivity index (χ2v) is 17.1. The van der Waals surface area contributed by atoms with Crippen LogP contribution in [0.5, 0.6) is 11.5 Å². The Morgan fingerprint density at radius 1 is 0.821 bits per heavy atom. The summed E-state index contributed by atoms with van der Waals surface area (Å²) in [6.45, 7) is 18.5. The Labute approximate surface area is 345 Å². The second kappa shape index (κ2) is 14.2. The van der Waals surface area contributed by atoms with E-state index in [9.17, 15) is 0 Å². The van der Waals surface area contributed by atoms with Crippen molar-refractivity contribution in [2.24, 2.45) is 4.99 Å². The zero-order valence-corrected chi connectivity index (χ0v) is 35.6. The molecule has 0 N–H and O–H groups in total. The molecule has 5 aromatic carbocycles. The maximum Gasteiger partial charge on any atom is 2.00 e. The molecule has 2 aliphatic heterocycles. The molecule has 5 nitrogen and oxygen atoms in total. The third-order valence-electron chi connectivity index (χ3n) is 11.6. The van der Waals surface area contributed by atoms with Crippen LogP contribution in [0.3, 0.4) is 0 Å². The quantitative estimate of drug-likeness (QED) is 0.150. The third kappa shape index (κ3) is 6.38. The first-order chi connectivity index (χ1) is 26.4. The molecule has 9 rings (SSSR count). The van der Waals surface area contributed by atoms with Crippen molar-refractivity contribution in [1.82, 2.24) is 9.55 Å². The number of hydrogen-bond donors (Lipinski definition) is 0. The molecular weight excluding hydrogens is 870 g/mol. The SMILES string of the molecule is Cc1cc2c([c-]c1Oc1[c-]c(C3=N[C@H](C(c4ccccc4)c4ccccc4)CO3)cc(C(C)C)c1)-n1c3ncccc3c3cc(C(C)(C)C)cc(c31)C2(C)C.[Pt+2]. The van der Waals surface area contributed by atoms with Crippen molar-refractivity contribution >= 4 is 27.8 Å². The number of pyridine rings is 1. The van der Waals surface area contributed by atoms with Crippen molar-refractivity contribution in [3.63, 3.8) is 0 Å². The molecular formula is C50H47N3O2Pt. The van der Waals surface area contributed by atoms with Crippen LogP contribution in [0.15, 0.2) is 114 Å². The molecule has 2 aliphatic rings. The van der Waals surface area contributed by atoms with E-state index < -0.39 is 0 Å². The number of nitrogens with zero attached hydrogens (tertiary/aromatic N) is 3. The molecule has 56 heavy (non-hydrogen) atoms. The Kier molecular flexibility index (Phi) is 9.60. The molecule has 1 atom stereocenters. The predicted octanol–water partition coefficient (Wildman–Crippen LogP) is 11.9. The van der Waals surface area contributed by atoms with Gasteiger partial charge in [0.15, 0.2) is 0 Å². The average Bonchev–Trinajstić information content (AvgIpc) is 3.79. The Bertz CT molecular complexity index is 2590. The van der Waals surface area contributed by atoms with E-state index in [1.54, 1.807) is 0 Å². The number of rotatable bonds is 7. The van der Waals surface area contributed by atoms with Gasteiger partial charge in [-0.1, -0.05) is 146 Å². The van der Waals surface area contributed by atoms with Crippen LogP contribution in [-0.2, 0) is 36.6 Å². The van der Waals surface area contributed by atoms with Crippen LogP contribution in [0.4, 0.5) is 0 Å². The smallest absolute Gasteiger partial charge is 0.518 e. The number of aryl methyl sites for hydroxylation is 1. The fourth-order valence-electron chi connectivity index (χ4n) is 8.47. The summed E-state index contributed by atoms with van der Waals surface area (Å²) in [7, 11) is 0. The molecule has 0 aliphatic carbocycles. The molecule has 284 valence electrons. The average molecular weight is 917 g/mol. The zero-order chi connectivity index (χ0) is 38.2. The molecule has 4 heterocycles. The molecule has 0 radical (unpaired) electrons. The molecule has 0 fully saturated rings. The normalized spacial score (nSPS) is 15.8. The molecule has 6 heteroatoms. The summed E-state index contributed by atoms with van der Waals surface area (Å²) in [4.78, 5) is 10.2. The van der Waals surface area contributed by atoms with E-state index in [1.807, 2.05) is 12.3 Å². The van der Waals surface area contributed by atoms with Gasteiger partial charge < -0.3 is 14.0 Å². The van der Waals surface area contributed by atoms with Gasteiger partial charge in [-0.3, -0.25) is 4.99 Å². The number of hydrogen-bond acceptors (Lipinski definition) is 4. The van der Waals surface area contributed by atoms with Crippen LogP contribution in [0.25, 0.3) is 27.6 Å². The number of ether oxygens (including phenoxy) is 2. The second-order valence-electron chi connectivity index (χ2n) is 17.1. The van der Waals surface area contributed by atoms with Crippen molar-refractivity contribution in [2.45, 2.75) is 84.1 Å². The molecule has 2 aromatic heterocycles. The van der Waals surface area contributed by atoms with Crippen LogP contribution in [0.2, 0.25) is 0 Å². The Hall–Kier alpha value is -4.99. The van der Waals surface area contributed by atoms with E-state index in [2.05, 4.69) is 169 Å². The van der Waals surface area contributed by atoms with Gasteiger partial charge in [-0.05, 0) is 57.2 Å². The molecule has 0 bridgehead atoms.